The first-order valence-electron chi connectivity index (χ1n) is 8.37. The summed E-state index contributed by atoms with van der Waals surface area (Å²) in [6.07, 6.45) is 0.307. The van der Waals surface area contributed by atoms with E-state index in [2.05, 4.69) is 6.07 Å². The molecule has 0 saturated carbocycles. The van der Waals surface area contributed by atoms with Crippen molar-refractivity contribution in [1.29, 1.82) is 5.26 Å². The molecule has 3 aromatic rings. The van der Waals surface area contributed by atoms with E-state index in [-0.39, 0.29) is 17.6 Å². The van der Waals surface area contributed by atoms with E-state index in [4.69, 9.17) is 0 Å². The van der Waals surface area contributed by atoms with Crippen LogP contribution in [0.3, 0.4) is 0 Å². The van der Waals surface area contributed by atoms with Gasteiger partial charge in [-0.3, -0.25) is 4.79 Å². The number of benzene rings is 3. The molecule has 2 heteroatoms. The molecule has 3 rings (SSSR count). The fourth-order valence-corrected chi connectivity index (χ4v) is 3.13. The fourth-order valence-electron chi connectivity index (χ4n) is 3.13. The molecule has 2 nitrogen and oxygen atoms in total. The number of carbonyl (C=O) groups excluding carboxylic acids is 1. The minimum absolute atomic E-state index is 0.0608. The summed E-state index contributed by atoms with van der Waals surface area (Å²) in [5.41, 5.74) is 2.65. The van der Waals surface area contributed by atoms with Crippen LogP contribution in [0.1, 0.15) is 39.7 Å². The first-order chi connectivity index (χ1) is 12.3. The Kier molecular flexibility index (Phi) is 5.39. The van der Waals surface area contributed by atoms with E-state index in [1.54, 1.807) is 0 Å². The van der Waals surface area contributed by atoms with Gasteiger partial charge in [0.2, 0.25) is 0 Å². The van der Waals surface area contributed by atoms with Crippen molar-refractivity contribution >= 4 is 5.78 Å². The van der Waals surface area contributed by atoms with Crippen molar-refractivity contribution in [2.45, 2.75) is 18.3 Å². The zero-order valence-corrected chi connectivity index (χ0v) is 13.9. The molecule has 122 valence electrons. The van der Waals surface area contributed by atoms with Crippen molar-refractivity contribution in [1.82, 2.24) is 0 Å². The summed E-state index contributed by atoms with van der Waals surface area (Å²) in [6, 6.07) is 31.3. The molecule has 0 fully saturated rings. The molecule has 0 radical (unpaired) electrons. The highest BCUT2D eigenvalue weighted by Gasteiger charge is 2.27. The quantitative estimate of drug-likeness (QED) is 0.573. The molecule has 0 saturated heterocycles. The Morgan fingerprint density at radius 1 is 0.760 bits per heavy atom. The van der Waals surface area contributed by atoms with Crippen LogP contribution in [0.5, 0.6) is 0 Å². The van der Waals surface area contributed by atoms with Crippen LogP contribution in [0.25, 0.3) is 0 Å². The summed E-state index contributed by atoms with van der Waals surface area (Å²) in [4.78, 5) is 12.8. The van der Waals surface area contributed by atoms with E-state index < -0.39 is 0 Å². The van der Waals surface area contributed by atoms with Crippen molar-refractivity contribution in [3.63, 3.8) is 0 Å². The molecule has 0 amide bonds. The number of rotatable bonds is 6. The van der Waals surface area contributed by atoms with Gasteiger partial charge in [-0.05, 0) is 11.1 Å². The van der Waals surface area contributed by atoms with Crippen molar-refractivity contribution < 1.29 is 4.79 Å². The molecule has 0 bridgehead atoms. The summed E-state index contributed by atoms with van der Waals surface area (Å²) in [7, 11) is 0. The first-order valence-corrected chi connectivity index (χ1v) is 8.37. The standard InChI is InChI=1S/C23H19NO/c24-17-22(19-12-6-2-7-13-19)21(18-10-4-1-5-11-18)16-23(25)20-14-8-3-9-15-20/h1-15,21-22H,16H2/t21-,22+/m1/s1. The predicted molar refractivity (Wildman–Crippen MR) is 99.4 cm³/mol. The third-order valence-corrected chi connectivity index (χ3v) is 4.43. The molecule has 3 aromatic carbocycles. The van der Waals surface area contributed by atoms with Crippen LogP contribution >= 0.6 is 0 Å². The number of carbonyl (C=O) groups is 1. The minimum Gasteiger partial charge on any atom is -0.294 e. The van der Waals surface area contributed by atoms with Gasteiger partial charge in [-0.1, -0.05) is 91.0 Å². The van der Waals surface area contributed by atoms with Crippen LogP contribution < -0.4 is 0 Å². The zero-order chi connectivity index (χ0) is 17.5. The molecule has 0 heterocycles. The third kappa shape index (κ3) is 4.02. The van der Waals surface area contributed by atoms with E-state index >= 15 is 0 Å². The average molecular weight is 325 g/mol. The molecule has 0 aliphatic heterocycles. The van der Waals surface area contributed by atoms with Crippen LogP contribution in [-0.4, -0.2) is 5.78 Å². The lowest BCUT2D eigenvalue weighted by molar-refractivity contribution is 0.0972. The number of ketones is 1. The van der Waals surface area contributed by atoms with E-state index in [9.17, 15) is 10.1 Å². The normalized spacial score (nSPS) is 12.8. The molecular weight excluding hydrogens is 306 g/mol. The van der Waals surface area contributed by atoms with Crippen LogP contribution in [0.4, 0.5) is 0 Å². The number of Topliss-reactive ketones (excluding diaryl/α,β-unsaturated/α-hetero) is 1. The smallest absolute Gasteiger partial charge is 0.163 e. The molecule has 0 spiro atoms. The highest BCUT2D eigenvalue weighted by atomic mass is 16.1. The Labute approximate surface area is 148 Å². The predicted octanol–water partition coefficient (Wildman–Crippen LogP) is 5.35. The topological polar surface area (TPSA) is 40.9 Å². The van der Waals surface area contributed by atoms with Crippen molar-refractivity contribution in [2.24, 2.45) is 0 Å². The lowest BCUT2D eigenvalue weighted by Crippen LogP contribution is -2.15. The summed E-state index contributed by atoms with van der Waals surface area (Å²) in [6.45, 7) is 0. The van der Waals surface area contributed by atoms with Gasteiger partial charge in [-0.15, -0.1) is 0 Å². The van der Waals surface area contributed by atoms with E-state index in [1.807, 2.05) is 91.0 Å². The maximum Gasteiger partial charge on any atom is 0.163 e. The minimum atomic E-state index is -0.365. The second kappa shape index (κ2) is 8.08. The molecule has 0 aromatic heterocycles. The van der Waals surface area contributed by atoms with E-state index in [0.717, 1.165) is 11.1 Å². The van der Waals surface area contributed by atoms with Gasteiger partial charge < -0.3 is 0 Å². The van der Waals surface area contributed by atoms with Crippen molar-refractivity contribution in [3.8, 4) is 6.07 Å². The maximum atomic E-state index is 12.8. The maximum absolute atomic E-state index is 12.8. The average Bonchev–Trinajstić information content (AvgIpc) is 2.70. The Balaban J connectivity index is 1.96. The largest absolute Gasteiger partial charge is 0.294 e. The van der Waals surface area contributed by atoms with Gasteiger partial charge >= 0.3 is 0 Å². The molecule has 0 aliphatic carbocycles. The molecule has 0 aliphatic rings. The summed E-state index contributed by atoms with van der Waals surface area (Å²) < 4.78 is 0. The molecule has 0 N–H and O–H groups in total. The van der Waals surface area contributed by atoms with Gasteiger partial charge in [0.25, 0.3) is 0 Å². The van der Waals surface area contributed by atoms with Crippen LogP contribution in [-0.2, 0) is 0 Å². The Morgan fingerprint density at radius 3 is 1.76 bits per heavy atom. The number of hydrogen-bond donors (Lipinski definition) is 0. The van der Waals surface area contributed by atoms with Gasteiger partial charge in [0.1, 0.15) is 0 Å². The van der Waals surface area contributed by atoms with Gasteiger partial charge in [-0.25, -0.2) is 0 Å². The van der Waals surface area contributed by atoms with Crippen molar-refractivity contribution in [3.05, 3.63) is 108 Å². The highest BCUT2D eigenvalue weighted by Crippen LogP contribution is 2.36. The molecule has 0 unspecified atom stereocenters. The Bertz CT molecular complexity index is 851. The second-order valence-corrected chi connectivity index (χ2v) is 6.03. The zero-order valence-electron chi connectivity index (χ0n) is 13.9. The third-order valence-electron chi connectivity index (χ3n) is 4.43. The monoisotopic (exact) mass is 325 g/mol. The Hall–Kier alpha value is -3.18. The molecule has 2 atom stereocenters. The van der Waals surface area contributed by atoms with Crippen LogP contribution in [0.15, 0.2) is 91.0 Å². The summed E-state index contributed by atoms with van der Waals surface area (Å²) in [5, 5.41) is 9.83. The lowest BCUT2D eigenvalue weighted by Gasteiger charge is -2.22. The van der Waals surface area contributed by atoms with Crippen LogP contribution in [0, 0.1) is 11.3 Å². The van der Waals surface area contributed by atoms with Gasteiger partial charge in [0, 0.05) is 17.9 Å². The van der Waals surface area contributed by atoms with E-state index in [0.29, 0.717) is 12.0 Å². The van der Waals surface area contributed by atoms with E-state index in [1.165, 1.54) is 0 Å². The SMILES string of the molecule is N#C[C@@H](c1ccccc1)[C@H](CC(=O)c1ccccc1)c1ccccc1. The van der Waals surface area contributed by atoms with Gasteiger partial charge in [0.15, 0.2) is 5.78 Å². The molecule has 25 heavy (non-hydrogen) atoms. The number of nitrogens with zero attached hydrogens (tertiary/aromatic N) is 1. The molecular formula is C23H19NO. The number of hydrogen-bond acceptors (Lipinski definition) is 2. The highest BCUT2D eigenvalue weighted by molar-refractivity contribution is 5.96. The second-order valence-electron chi connectivity index (χ2n) is 6.03. The summed E-state index contributed by atoms with van der Waals surface area (Å²) >= 11 is 0. The fraction of sp³-hybridized carbons (Fsp3) is 0.130. The Morgan fingerprint density at radius 2 is 1.24 bits per heavy atom. The van der Waals surface area contributed by atoms with Crippen molar-refractivity contribution in [2.75, 3.05) is 0 Å². The first kappa shape index (κ1) is 16.7. The number of nitriles is 1. The summed E-state index contributed by atoms with van der Waals surface area (Å²) in [5.74, 6) is -0.483. The van der Waals surface area contributed by atoms with Gasteiger partial charge in [0.05, 0.1) is 12.0 Å². The lowest BCUT2D eigenvalue weighted by atomic mass is 9.78. The van der Waals surface area contributed by atoms with Crippen LogP contribution in [0.2, 0.25) is 0 Å². The van der Waals surface area contributed by atoms with Gasteiger partial charge in [-0.2, -0.15) is 5.26 Å².